The summed E-state index contributed by atoms with van der Waals surface area (Å²) in [4.78, 5) is 16.2. The average molecular weight is 371 g/mol. The summed E-state index contributed by atoms with van der Waals surface area (Å²) in [5, 5.41) is 0. The highest BCUT2D eigenvalue weighted by molar-refractivity contribution is 6.13. The molecule has 0 aliphatic carbocycles. The molecular weight excluding hydrogens is 348 g/mol. The van der Waals surface area contributed by atoms with Gasteiger partial charge in [-0.2, -0.15) is 0 Å². The van der Waals surface area contributed by atoms with Gasteiger partial charge >= 0.3 is 5.97 Å². The highest BCUT2D eigenvalue weighted by atomic mass is 19.1. The van der Waals surface area contributed by atoms with Crippen molar-refractivity contribution >= 4 is 11.7 Å². The summed E-state index contributed by atoms with van der Waals surface area (Å²) in [5.41, 5.74) is 1.55. The molecule has 0 N–H and O–H groups in total. The summed E-state index contributed by atoms with van der Waals surface area (Å²) in [6, 6.07) is 11.7. The molecule has 2 aromatic rings. The third-order valence-corrected chi connectivity index (χ3v) is 3.86. The maximum Gasteiger partial charge on any atom is 0.330 e. The van der Waals surface area contributed by atoms with Gasteiger partial charge in [0, 0.05) is 17.2 Å². The van der Waals surface area contributed by atoms with Crippen LogP contribution in [0.4, 0.5) is 8.78 Å². The monoisotopic (exact) mass is 371 g/mol. The number of aliphatic imine (C=N–C) groups is 1. The minimum atomic E-state index is -0.475. The zero-order valence-electron chi connectivity index (χ0n) is 15.7. The van der Waals surface area contributed by atoms with Gasteiger partial charge in [-0.05, 0) is 36.6 Å². The highest BCUT2D eigenvalue weighted by Crippen LogP contribution is 2.18. The Morgan fingerprint density at radius 3 is 2.07 bits per heavy atom. The van der Waals surface area contributed by atoms with Gasteiger partial charge < -0.3 is 4.74 Å². The molecule has 0 unspecified atom stereocenters. The molecule has 0 amide bonds. The van der Waals surface area contributed by atoms with Gasteiger partial charge in [-0.15, -0.1) is 0 Å². The van der Waals surface area contributed by atoms with Crippen LogP contribution in [0.25, 0.3) is 0 Å². The van der Waals surface area contributed by atoms with Gasteiger partial charge in [-0.25, -0.2) is 13.6 Å². The molecule has 5 heteroatoms. The highest BCUT2D eigenvalue weighted by Gasteiger charge is 2.14. The van der Waals surface area contributed by atoms with Crippen LogP contribution in [0.2, 0.25) is 0 Å². The van der Waals surface area contributed by atoms with Gasteiger partial charge in [-0.3, -0.25) is 4.99 Å². The molecule has 2 aromatic carbocycles. The third-order valence-electron chi connectivity index (χ3n) is 3.86. The van der Waals surface area contributed by atoms with Crippen LogP contribution >= 0.6 is 0 Å². The van der Waals surface area contributed by atoms with Crippen molar-refractivity contribution in [2.45, 2.75) is 26.3 Å². The number of halogens is 2. The van der Waals surface area contributed by atoms with E-state index in [-0.39, 0.29) is 6.04 Å². The van der Waals surface area contributed by atoms with Gasteiger partial charge in [0.05, 0.1) is 18.9 Å². The molecular formula is C22H23F2NO2. The van der Waals surface area contributed by atoms with E-state index in [1.54, 1.807) is 30.3 Å². The molecule has 0 heterocycles. The quantitative estimate of drug-likeness (QED) is 0.393. The Balaban J connectivity index is 2.54. The molecule has 0 bridgehead atoms. The van der Waals surface area contributed by atoms with E-state index in [9.17, 15) is 13.6 Å². The lowest BCUT2D eigenvalue weighted by atomic mass is 9.99. The number of ether oxygens (including phenoxy) is 1. The average Bonchev–Trinajstić information content (AvgIpc) is 2.63. The first-order valence-electron chi connectivity index (χ1n) is 8.75. The SMILES string of the molecule is COC(=O)/C=C/[C@H](CC(C)C)N=C(c1cccc(F)c1)c1cccc(F)c1. The summed E-state index contributed by atoms with van der Waals surface area (Å²) < 4.78 is 32.2. The Labute approximate surface area is 158 Å². The zero-order chi connectivity index (χ0) is 19.8. The second kappa shape index (κ2) is 9.76. The van der Waals surface area contributed by atoms with Gasteiger partial charge in [0.25, 0.3) is 0 Å². The predicted octanol–water partition coefficient (Wildman–Crippen LogP) is 4.95. The molecule has 0 saturated carbocycles. The Bertz CT molecular complexity index is 796. The molecule has 1 atom stereocenters. The number of hydrogen-bond acceptors (Lipinski definition) is 3. The Hall–Kier alpha value is -2.82. The molecule has 0 fully saturated rings. The maximum atomic E-state index is 13.8. The lowest BCUT2D eigenvalue weighted by molar-refractivity contribution is -0.134. The van der Waals surface area contributed by atoms with E-state index in [1.165, 1.54) is 37.5 Å². The number of carbonyl (C=O) groups is 1. The summed E-state index contributed by atoms with van der Waals surface area (Å²) in [7, 11) is 1.30. The number of carbonyl (C=O) groups excluding carboxylic acids is 1. The van der Waals surface area contributed by atoms with Crippen LogP contribution < -0.4 is 0 Å². The second-order valence-electron chi connectivity index (χ2n) is 6.58. The molecule has 0 aromatic heterocycles. The number of methoxy groups -OCH3 is 1. The Morgan fingerprint density at radius 1 is 1.07 bits per heavy atom. The summed E-state index contributed by atoms with van der Waals surface area (Å²) in [5.74, 6) is -0.969. The van der Waals surface area contributed by atoms with Crippen molar-refractivity contribution in [3.63, 3.8) is 0 Å². The lowest BCUT2D eigenvalue weighted by Crippen LogP contribution is -2.13. The number of nitrogens with zero attached hydrogens (tertiary/aromatic N) is 1. The fraction of sp³-hybridized carbons (Fsp3) is 0.273. The third kappa shape index (κ3) is 6.44. The molecule has 3 nitrogen and oxygen atoms in total. The molecule has 142 valence electrons. The second-order valence-corrected chi connectivity index (χ2v) is 6.58. The minimum absolute atomic E-state index is 0.308. The van der Waals surface area contributed by atoms with Crippen molar-refractivity contribution in [1.29, 1.82) is 0 Å². The van der Waals surface area contributed by atoms with Crippen LogP contribution in [-0.2, 0) is 9.53 Å². The largest absolute Gasteiger partial charge is 0.466 e. The van der Waals surface area contributed by atoms with Crippen molar-refractivity contribution in [3.8, 4) is 0 Å². The van der Waals surface area contributed by atoms with E-state index in [4.69, 9.17) is 4.99 Å². The molecule has 0 saturated heterocycles. The van der Waals surface area contributed by atoms with Crippen LogP contribution in [0.5, 0.6) is 0 Å². The van der Waals surface area contributed by atoms with Gasteiger partial charge in [0.2, 0.25) is 0 Å². The van der Waals surface area contributed by atoms with Crippen LogP contribution in [0, 0.1) is 17.6 Å². The van der Waals surface area contributed by atoms with Crippen molar-refractivity contribution in [3.05, 3.63) is 83.4 Å². The van der Waals surface area contributed by atoms with E-state index in [1.807, 2.05) is 13.8 Å². The van der Waals surface area contributed by atoms with E-state index in [2.05, 4.69) is 4.74 Å². The van der Waals surface area contributed by atoms with Crippen LogP contribution in [0.1, 0.15) is 31.4 Å². The summed E-state index contributed by atoms with van der Waals surface area (Å²) in [6.45, 7) is 4.08. The van der Waals surface area contributed by atoms with E-state index in [0.29, 0.717) is 29.2 Å². The van der Waals surface area contributed by atoms with Crippen LogP contribution in [0.3, 0.4) is 0 Å². The first-order chi connectivity index (χ1) is 12.9. The van der Waals surface area contributed by atoms with Gasteiger partial charge in [0.1, 0.15) is 11.6 Å². The first kappa shape index (κ1) is 20.5. The van der Waals surface area contributed by atoms with Crippen molar-refractivity contribution in [2.75, 3.05) is 7.11 Å². The van der Waals surface area contributed by atoms with E-state index < -0.39 is 17.6 Å². The van der Waals surface area contributed by atoms with Crippen molar-refractivity contribution < 1.29 is 18.3 Å². The molecule has 0 spiro atoms. The number of benzene rings is 2. The number of esters is 1. The van der Waals surface area contributed by atoms with Crippen LogP contribution in [0.15, 0.2) is 65.7 Å². The molecule has 0 radical (unpaired) electrons. The molecule has 2 rings (SSSR count). The first-order valence-corrected chi connectivity index (χ1v) is 8.75. The molecule has 0 aliphatic heterocycles. The molecule has 27 heavy (non-hydrogen) atoms. The minimum Gasteiger partial charge on any atom is -0.466 e. The smallest absolute Gasteiger partial charge is 0.330 e. The zero-order valence-corrected chi connectivity index (χ0v) is 15.7. The fourth-order valence-corrected chi connectivity index (χ4v) is 2.67. The standard InChI is InChI=1S/C22H23F2NO2/c1-15(2)12-20(10-11-21(26)27-3)25-22(16-6-4-8-18(23)13-16)17-7-5-9-19(24)14-17/h4-11,13-15,20H,12H2,1-3H3/b11-10+/t20-/m1/s1. The maximum absolute atomic E-state index is 13.8. The summed E-state index contributed by atoms with van der Waals surface area (Å²) in [6.07, 6.45) is 3.65. The van der Waals surface area contributed by atoms with Crippen molar-refractivity contribution in [1.82, 2.24) is 0 Å². The normalized spacial score (nSPS) is 12.2. The molecule has 0 aliphatic rings. The van der Waals surface area contributed by atoms with Gasteiger partial charge in [-0.1, -0.05) is 44.2 Å². The van der Waals surface area contributed by atoms with Crippen LogP contribution in [-0.4, -0.2) is 24.8 Å². The van der Waals surface area contributed by atoms with E-state index in [0.717, 1.165) is 0 Å². The van der Waals surface area contributed by atoms with E-state index >= 15 is 0 Å². The number of hydrogen-bond donors (Lipinski definition) is 0. The Kier molecular flexibility index (Phi) is 7.41. The lowest BCUT2D eigenvalue weighted by Gasteiger charge is -2.15. The topological polar surface area (TPSA) is 38.7 Å². The summed E-state index contributed by atoms with van der Waals surface area (Å²) >= 11 is 0. The fourth-order valence-electron chi connectivity index (χ4n) is 2.67. The van der Waals surface area contributed by atoms with Crippen molar-refractivity contribution in [2.24, 2.45) is 10.9 Å². The Morgan fingerprint density at radius 2 is 1.63 bits per heavy atom. The van der Waals surface area contributed by atoms with Gasteiger partial charge in [0.15, 0.2) is 0 Å². The predicted molar refractivity (Wildman–Crippen MR) is 103 cm³/mol. The number of rotatable bonds is 7.